The van der Waals surface area contributed by atoms with Gasteiger partial charge in [-0.2, -0.15) is 4.73 Å². The smallest absolute Gasteiger partial charge is 0.287 e. The van der Waals surface area contributed by atoms with Crippen molar-refractivity contribution in [1.82, 2.24) is 4.98 Å². The molecule has 0 N–H and O–H groups in total. The van der Waals surface area contributed by atoms with Crippen molar-refractivity contribution in [2.45, 2.75) is 6.92 Å². The summed E-state index contributed by atoms with van der Waals surface area (Å²) in [5.74, 6) is 0.457. The van der Waals surface area contributed by atoms with Crippen molar-refractivity contribution in [3.8, 4) is 11.5 Å². The van der Waals surface area contributed by atoms with Gasteiger partial charge in [0.15, 0.2) is 11.8 Å². The molecule has 0 unspecified atom stereocenters. The van der Waals surface area contributed by atoms with Gasteiger partial charge in [0.2, 0.25) is 5.89 Å². The van der Waals surface area contributed by atoms with Crippen LogP contribution >= 0.6 is 11.6 Å². The van der Waals surface area contributed by atoms with Crippen molar-refractivity contribution in [1.29, 1.82) is 0 Å². The third-order valence-electron chi connectivity index (χ3n) is 2.66. The van der Waals surface area contributed by atoms with Crippen LogP contribution in [0.15, 0.2) is 40.9 Å². The molecule has 3 aromatic rings. The zero-order chi connectivity index (χ0) is 12.7. The van der Waals surface area contributed by atoms with E-state index >= 15 is 0 Å². The van der Waals surface area contributed by atoms with Gasteiger partial charge < -0.3 is 9.62 Å². The fourth-order valence-corrected chi connectivity index (χ4v) is 1.93. The largest absolute Gasteiger partial charge is 0.618 e. The normalized spacial score (nSPS) is 11.0. The lowest BCUT2D eigenvalue weighted by Crippen LogP contribution is -2.26. The van der Waals surface area contributed by atoms with E-state index in [0.717, 1.165) is 11.1 Å². The standard InChI is InChI=1S/C13H9ClN2O2/c1-8-2-3-11-10(6-8)15-13(18-11)9-4-5-16(17)12(14)7-9/h2-7H,1H3. The van der Waals surface area contributed by atoms with Gasteiger partial charge in [0.1, 0.15) is 5.52 Å². The fourth-order valence-electron chi connectivity index (χ4n) is 1.75. The summed E-state index contributed by atoms with van der Waals surface area (Å²) >= 11 is 5.77. The Labute approximate surface area is 108 Å². The van der Waals surface area contributed by atoms with Crippen molar-refractivity contribution in [3.63, 3.8) is 0 Å². The summed E-state index contributed by atoms with van der Waals surface area (Å²) in [5, 5.41) is 11.2. The number of halogens is 1. The summed E-state index contributed by atoms with van der Waals surface area (Å²) in [4.78, 5) is 4.38. The first kappa shape index (κ1) is 11.0. The molecule has 0 fully saturated rings. The SMILES string of the molecule is Cc1ccc2oc(-c3cc[n+]([O-])c(Cl)c3)nc2c1. The predicted molar refractivity (Wildman–Crippen MR) is 68.2 cm³/mol. The fraction of sp³-hybridized carbons (Fsp3) is 0.0769. The molecule has 0 bridgehead atoms. The molecule has 0 saturated heterocycles. The van der Waals surface area contributed by atoms with Crippen LogP contribution < -0.4 is 4.73 Å². The van der Waals surface area contributed by atoms with E-state index in [1.807, 2.05) is 25.1 Å². The molecule has 0 amide bonds. The summed E-state index contributed by atoms with van der Waals surface area (Å²) in [5.41, 5.74) is 3.30. The number of pyridine rings is 1. The Kier molecular flexibility index (Phi) is 2.45. The minimum Gasteiger partial charge on any atom is -0.618 e. The number of aryl methyl sites for hydroxylation is 1. The van der Waals surface area contributed by atoms with Crippen LogP contribution in [0.1, 0.15) is 5.56 Å². The van der Waals surface area contributed by atoms with E-state index in [1.165, 1.54) is 12.3 Å². The Morgan fingerprint density at radius 2 is 2.11 bits per heavy atom. The lowest BCUT2D eigenvalue weighted by Gasteiger charge is -1.98. The van der Waals surface area contributed by atoms with E-state index in [-0.39, 0.29) is 5.15 Å². The summed E-state index contributed by atoms with van der Waals surface area (Å²) in [6.07, 6.45) is 1.33. The lowest BCUT2D eigenvalue weighted by molar-refractivity contribution is -0.602. The molecule has 0 aliphatic rings. The molecule has 5 heteroatoms. The molecule has 3 rings (SSSR count). The molecular weight excluding hydrogens is 252 g/mol. The van der Waals surface area contributed by atoms with Crippen molar-refractivity contribution in [3.05, 3.63) is 52.5 Å². The number of aromatic nitrogens is 2. The monoisotopic (exact) mass is 260 g/mol. The topological polar surface area (TPSA) is 53.0 Å². The minimum atomic E-state index is 0.0888. The first-order valence-corrected chi connectivity index (χ1v) is 5.77. The van der Waals surface area contributed by atoms with Crippen LogP contribution in [0.4, 0.5) is 0 Å². The minimum absolute atomic E-state index is 0.0888. The maximum Gasteiger partial charge on any atom is 0.287 e. The van der Waals surface area contributed by atoms with Crippen molar-refractivity contribution >= 4 is 22.7 Å². The van der Waals surface area contributed by atoms with Crippen LogP contribution in [-0.2, 0) is 0 Å². The number of oxazole rings is 1. The molecule has 2 aromatic heterocycles. The van der Waals surface area contributed by atoms with Gasteiger partial charge in [0.05, 0.1) is 5.56 Å². The van der Waals surface area contributed by atoms with Crippen LogP contribution in [0, 0.1) is 12.1 Å². The molecule has 0 atom stereocenters. The van der Waals surface area contributed by atoms with E-state index in [4.69, 9.17) is 16.0 Å². The predicted octanol–water partition coefficient (Wildman–Crippen LogP) is 3.09. The Morgan fingerprint density at radius 1 is 1.28 bits per heavy atom. The van der Waals surface area contributed by atoms with Crippen LogP contribution in [-0.4, -0.2) is 4.98 Å². The van der Waals surface area contributed by atoms with E-state index in [1.54, 1.807) is 6.07 Å². The van der Waals surface area contributed by atoms with Gasteiger partial charge in [-0.05, 0) is 36.2 Å². The second-order valence-corrected chi connectivity index (χ2v) is 4.44. The Bertz CT molecular complexity index is 737. The summed E-state index contributed by atoms with van der Waals surface area (Å²) in [7, 11) is 0. The Morgan fingerprint density at radius 3 is 2.89 bits per heavy atom. The zero-order valence-electron chi connectivity index (χ0n) is 9.55. The van der Waals surface area contributed by atoms with Gasteiger partial charge in [-0.1, -0.05) is 6.07 Å². The average molecular weight is 261 g/mol. The molecular formula is C13H9ClN2O2. The van der Waals surface area contributed by atoms with Gasteiger partial charge in [-0.3, -0.25) is 0 Å². The van der Waals surface area contributed by atoms with E-state index in [0.29, 0.717) is 21.8 Å². The second kappa shape index (κ2) is 3.99. The number of nitrogens with zero attached hydrogens (tertiary/aromatic N) is 2. The number of benzene rings is 1. The maximum atomic E-state index is 11.2. The van der Waals surface area contributed by atoms with Crippen LogP contribution in [0.25, 0.3) is 22.6 Å². The van der Waals surface area contributed by atoms with Crippen molar-refractivity contribution < 1.29 is 9.15 Å². The average Bonchev–Trinajstić information content (AvgIpc) is 2.75. The third kappa shape index (κ3) is 1.80. The highest BCUT2D eigenvalue weighted by atomic mass is 35.5. The number of rotatable bonds is 1. The highest BCUT2D eigenvalue weighted by Gasteiger charge is 2.11. The summed E-state index contributed by atoms with van der Waals surface area (Å²) in [6, 6.07) is 8.93. The van der Waals surface area contributed by atoms with Gasteiger partial charge in [-0.25, -0.2) is 4.98 Å². The van der Waals surface area contributed by atoms with Gasteiger partial charge >= 0.3 is 0 Å². The number of hydrogen-bond donors (Lipinski definition) is 0. The van der Waals surface area contributed by atoms with Crippen LogP contribution in [0.5, 0.6) is 0 Å². The van der Waals surface area contributed by atoms with E-state index in [9.17, 15) is 5.21 Å². The van der Waals surface area contributed by atoms with Crippen molar-refractivity contribution in [2.75, 3.05) is 0 Å². The molecule has 18 heavy (non-hydrogen) atoms. The second-order valence-electron chi connectivity index (χ2n) is 4.05. The Balaban J connectivity index is 2.16. The zero-order valence-corrected chi connectivity index (χ0v) is 10.3. The lowest BCUT2D eigenvalue weighted by atomic mass is 10.2. The Hall–Kier alpha value is -2.07. The van der Waals surface area contributed by atoms with Crippen LogP contribution in [0.2, 0.25) is 5.15 Å². The highest BCUT2D eigenvalue weighted by molar-refractivity contribution is 6.28. The number of hydrogen-bond acceptors (Lipinski definition) is 3. The quantitative estimate of drug-likeness (QED) is 0.384. The highest BCUT2D eigenvalue weighted by Crippen LogP contribution is 2.25. The molecule has 0 saturated carbocycles. The molecule has 0 aliphatic carbocycles. The number of fused-ring (bicyclic) bond motifs is 1. The summed E-state index contributed by atoms with van der Waals surface area (Å²) < 4.78 is 6.20. The van der Waals surface area contributed by atoms with Crippen LogP contribution in [0.3, 0.4) is 0 Å². The molecule has 90 valence electrons. The van der Waals surface area contributed by atoms with Gasteiger partial charge in [0, 0.05) is 12.1 Å². The van der Waals surface area contributed by atoms with Gasteiger partial charge in [0.25, 0.3) is 5.15 Å². The maximum absolute atomic E-state index is 11.2. The van der Waals surface area contributed by atoms with E-state index in [2.05, 4.69) is 4.98 Å². The van der Waals surface area contributed by atoms with Crippen molar-refractivity contribution in [2.24, 2.45) is 0 Å². The molecule has 2 heterocycles. The first-order valence-electron chi connectivity index (χ1n) is 5.40. The molecule has 0 spiro atoms. The molecule has 4 nitrogen and oxygen atoms in total. The van der Waals surface area contributed by atoms with Gasteiger partial charge in [-0.15, -0.1) is 0 Å². The molecule has 0 radical (unpaired) electrons. The third-order valence-corrected chi connectivity index (χ3v) is 2.94. The molecule has 1 aromatic carbocycles. The first-order chi connectivity index (χ1) is 8.63. The van der Waals surface area contributed by atoms with E-state index < -0.39 is 0 Å². The molecule has 0 aliphatic heterocycles. The summed E-state index contributed by atoms with van der Waals surface area (Å²) in [6.45, 7) is 1.99.